The lowest BCUT2D eigenvalue weighted by molar-refractivity contribution is 0.669. The lowest BCUT2D eigenvalue weighted by Crippen LogP contribution is -2.11. The van der Waals surface area contributed by atoms with Crippen LogP contribution in [0.5, 0.6) is 0 Å². The molecule has 0 unspecified atom stereocenters. The minimum atomic E-state index is 0.884. The van der Waals surface area contributed by atoms with Gasteiger partial charge in [0.2, 0.25) is 0 Å². The van der Waals surface area contributed by atoms with Crippen molar-refractivity contribution in [3.05, 3.63) is 200 Å². The van der Waals surface area contributed by atoms with E-state index >= 15 is 0 Å². The molecule has 0 aliphatic carbocycles. The molecule has 9 aromatic carbocycles. The third-order valence-corrected chi connectivity index (χ3v) is 10.9. The highest BCUT2D eigenvalue weighted by molar-refractivity contribution is 6.17. The monoisotopic (exact) mass is 703 g/mol. The molecule has 258 valence electrons. The largest absolute Gasteiger partial charge is 0.456 e. The Labute approximate surface area is 317 Å². The lowest BCUT2D eigenvalue weighted by atomic mass is 9.98. The van der Waals surface area contributed by atoms with E-state index in [0.29, 0.717) is 0 Å². The Kier molecular flexibility index (Phi) is 7.17. The first-order valence-electron chi connectivity index (χ1n) is 18.7. The maximum Gasteiger partial charge on any atom is 0.143 e. The van der Waals surface area contributed by atoms with Crippen molar-refractivity contribution in [3.63, 3.8) is 0 Å². The maximum absolute atomic E-state index is 6.87. The summed E-state index contributed by atoms with van der Waals surface area (Å²) in [5.41, 5.74) is 13.5. The number of hydrogen-bond acceptors (Lipinski definition) is 3. The molecule has 3 nitrogen and oxygen atoms in total. The SMILES string of the molecule is c1ccc(-c2ccc(N(c3cccc(-c4ccc5oc6ccccc6c5c4)c3)c3ccccc3-c3cccc4c3oc3c5ccccc5ccc43)cc2)cc1. The van der Waals surface area contributed by atoms with Crippen molar-refractivity contribution in [3.8, 4) is 33.4 Å². The van der Waals surface area contributed by atoms with Gasteiger partial charge in [-0.2, -0.15) is 0 Å². The van der Waals surface area contributed by atoms with Gasteiger partial charge in [-0.1, -0.05) is 146 Å². The van der Waals surface area contributed by atoms with Crippen LogP contribution in [0.15, 0.2) is 209 Å². The average molecular weight is 704 g/mol. The van der Waals surface area contributed by atoms with Gasteiger partial charge in [0.25, 0.3) is 0 Å². The van der Waals surface area contributed by atoms with Gasteiger partial charge in [-0.05, 0) is 82.2 Å². The van der Waals surface area contributed by atoms with Crippen LogP contribution >= 0.6 is 0 Å². The summed E-state index contributed by atoms with van der Waals surface area (Å²) >= 11 is 0. The summed E-state index contributed by atoms with van der Waals surface area (Å²) in [6, 6.07) is 71.0. The van der Waals surface area contributed by atoms with Crippen LogP contribution in [0.25, 0.3) is 88.0 Å². The molecule has 3 heteroatoms. The quantitative estimate of drug-likeness (QED) is 0.173. The summed E-state index contributed by atoms with van der Waals surface area (Å²) in [4.78, 5) is 2.37. The number of hydrogen-bond donors (Lipinski definition) is 0. The zero-order chi connectivity index (χ0) is 36.3. The predicted octanol–water partition coefficient (Wildman–Crippen LogP) is 15.1. The topological polar surface area (TPSA) is 29.5 Å². The molecule has 0 saturated heterocycles. The Balaban J connectivity index is 1.10. The molecule has 0 atom stereocenters. The number of furan rings is 2. The molecule has 55 heavy (non-hydrogen) atoms. The molecule has 0 spiro atoms. The van der Waals surface area contributed by atoms with Crippen LogP contribution in [0.1, 0.15) is 0 Å². The summed E-state index contributed by atoms with van der Waals surface area (Å²) in [5.74, 6) is 0. The molecule has 11 rings (SSSR count). The molecule has 0 aliphatic heterocycles. The lowest BCUT2D eigenvalue weighted by Gasteiger charge is -2.28. The van der Waals surface area contributed by atoms with Crippen molar-refractivity contribution in [2.45, 2.75) is 0 Å². The minimum Gasteiger partial charge on any atom is -0.456 e. The second-order valence-corrected chi connectivity index (χ2v) is 14.1. The van der Waals surface area contributed by atoms with E-state index in [1.165, 1.54) is 16.5 Å². The number of nitrogens with zero attached hydrogens (tertiary/aromatic N) is 1. The molecule has 2 heterocycles. The molecule has 0 amide bonds. The normalized spacial score (nSPS) is 11.6. The molecule has 0 radical (unpaired) electrons. The van der Waals surface area contributed by atoms with Crippen molar-refractivity contribution in [1.82, 2.24) is 0 Å². The number of benzene rings is 9. The van der Waals surface area contributed by atoms with Crippen molar-refractivity contribution >= 4 is 71.7 Å². The van der Waals surface area contributed by atoms with E-state index in [0.717, 1.165) is 88.6 Å². The molecule has 0 N–H and O–H groups in total. The summed E-state index contributed by atoms with van der Waals surface area (Å²) in [6.07, 6.45) is 0. The van der Waals surface area contributed by atoms with E-state index in [1.807, 2.05) is 12.1 Å². The van der Waals surface area contributed by atoms with E-state index in [2.05, 4.69) is 193 Å². The van der Waals surface area contributed by atoms with Crippen LogP contribution in [0.3, 0.4) is 0 Å². The summed E-state index contributed by atoms with van der Waals surface area (Å²) in [6.45, 7) is 0. The fourth-order valence-electron chi connectivity index (χ4n) is 8.23. The van der Waals surface area contributed by atoms with Crippen molar-refractivity contribution < 1.29 is 8.83 Å². The molecular weight excluding hydrogens is 671 g/mol. The predicted molar refractivity (Wildman–Crippen MR) is 229 cm³/mol. The highest BCUT2D eigenvalue weighted by Gasteiger charge is 2.21. The van der Waals surface area contributed by atoms with Crippen LogP contribution in [0, 0.1) is 0 Å². The number of rotatable bonds is 6. The maximum atomic E-state index is 6.87. The van der Waals surface area contributed by atoms with Crippen LogP contribution in [-0.2, 0) is 0 Å². The van der Waals surface area contributed by atoms with Crippen molar-refractivity contribution in [2.75, 3.05) is 4.90 Å². The zero-order valence-electron chi connectivity index (χ0n) is 29.8. The minimum absolute atomic E-state index is 0.884. The third-order valence-electron chi connectivity index (χ3n) is 10.9. The molecular formula is C52H33NO2. The summed E-state index contributed by atoms with van der Waals surface area (Å²) < 4.78 is 13.0. The molecule has 2 aromatic heterocycles. The number of anilines is 3. The first kappa shape index (κ1) is 31.2. The highest BCUT2D eigenvalue weighted by Crippen LogP contribution is 2.46. The number of fused-ring (bicyclic) bond motifs is 8. The van der Waals surface area contributed by atoms with Gasteiger partial charge >= 0.3 is 0 Å². The first-order valence-corrected chi connectivity index (χ1v) is 18.7. The van der Waals surface area contributed by atoms with E-state index in [9.17, 15) is 0 Å². The van der Waals surface area contributed by atoms with E-state index in [4.69, 9.17) is 8.83 Å². The second-order valence-electron chi connectivity index (χ2n) is 14.1. The van der Waals surface area contributed by atoms with E-state index in [1.54, 1.807) is 0 Å². The Morgan fingerprint density at radius 2 is 0.945 bits per heavy atom. The fraction of sp³-hybridized carbons (Fsp3) is 0. The Morgan fingerprint density at radius 1 is 0.309 bits per heavy atom. The Bertz CT molecular complexity index is 3210. The van der Waals surface area contributed by atoms with Crippen LogP contribution in [0.4, 0.5) is 17.1 Å². The molecule has 0 aliphatic rings. The zero-order valence-corrected chi connectivity index (χ0v) is 29.8. The van der Waals surface area contributed by atoms with Gasteiger partial charge in [-0.25, -0.2) is 0 Å². The van der Waals surface area contributed by atoms with Gasteiger partial charge in [-0.3, -0.25) is 0 Å². The summed E-state index contributed by atoms with van der Waals surface area (Å²) in [5, 5.41) is 6.75. The molecule has 11 aromatic rings. The summed E-state index contributed by atoms with van der Waals surface area (Å²) in [7, 11) is 0. The Hall–Kier alpha value is -7.36. The van der Waals surface area contributed by atoms with Crippen molar-refractivity contribution in [1.29, 1.82) is 0 Å². The van der Waals surface area contributed by atoms with E-state index < -0.39 is 0 Å². The molecule has 0 bridgehead atoms. The van der Waals surface area contributed by atoms with Crippen LogP contribution in [0.2, 0.25) is 0 Å². The molecule has 0 saturated carbocycles. The van der Waals surface area contributed by atoms with Gasteiger partial charge in [0.05, 0.1) is 5.69 Å². The highest BCUT2D eigenvalue weighted by atomic mass is 16.3. The second kappa shape index (κ2) is 12.6. The van der Waals surface area contributed by atoms with Crippen molar-refractivity contribution in [2.24, 2.45) is 0 Å². The van der Waals surface area contributed by atoms with Crippen LogP contribution < -0.4 is 4.90 Å². The van der Waals surface area contributed by atoms with Gasteiger partial charge in [0.1, 0.15) is 22.3 Å². The smallest absolute Gasteiger partial charge is 0.143 e. The van der Waals surface area contributed by atoms with Gasteiger partial charge in [-0.15, -0.1) is 0 Å². The standard InChI is InChI=1S/C52H33NO2/c1-2-12-34(13-3-1)35-24-28-39(29-25-35)53(40-16-10-15-37(32-40)38-27-31-50-47(33-38)43-19-7-9-23-49(43)54-50)48-22-8-6-18-42(48)44-20-11-21-45-46-30-26-36-14-4-5-17-41(36)51(46)55-52(44)45/h1-33H. The average Bonchev–Trinajstić information content (AvgIpc) is 3.83. The third kappa shape index (κ3) is 5.20. The van der Waals surface area contributed by atoms with Crippen LogP contribution in [-0.4, -0.2) is 0 Å². The molecule has 0 fully saturated rings. The van der Waals surface area contributed by atoms with Gasteiger partial charge in [0, 0.05) is 49.4 Å². The van der Waals surface area contributed by atoms with Gasteiger partial charge < -0.3 is 13.7 Å². The van der Waals surface area contributed by atoms with Gasteiger partial charge in [0.15, 0.2) is 0 Å². The Morgan fingerprint density at radius 3 is 1.85 bits per heavy atom. The van der Waals surface area contributed by atoms with E-state index in [-0.39, 0.29) is 0 Å². The first-order chi connectivity index (χ1) is 27.3. The number of para-hydroxylation sites is 3. The fourth-order valence-corrected chi connectivity index (χ4v) is 8.23.